The van der Waals surface area contributed by atoms with E-state index in [0.717, 1.165) is 24.5 Å². The molecular weight excluding hydrogens is 320 g/mol. The Morgan fingerprint density at radius 2 is 2.00 bits per heavy atom. The molecule has 0 saturated carbocycles. The maximum absolute atomic E-state index is 11.9. The standard InChI is InChI=1S/C11H8N2O8S/c14-10(12-4-9-5-20-22(19)21-9)6-1-7(11(15)16)3-8(2-6)13(17)18/h1-3,5H,4H2,(H,12,14)(H,15,16). The molecule has 1 amide bonds. The average molecular weight is 328 g/mol. The summed E-state index contributed by atoms with van der Waals surface area (Å²) in [5.41, 5.74) is -1.11. The van der Waals surface area contributed by atoms with E-state index in [9.17, 15) is 23.9 Å². The lowest BCUT2D eigenvalue weighted by Crippen LogP contribution is -2.26. The molecule has 0 saturated heterocycles. The van der Waals surface area contributed by atoms with Crippen molar-refractivity contribution in [2.24, 2.45) is 0 Å². The number of non-ortho nitro benzene ring substituents is 1. The third-order valence-corrected chi connectivity index (χ3v) is 3.10. The monoisotopic (exact) mass is 328 g/mol. The summed E-state index contributed by atoms with van der Waals surface area (Å²) in [4.78, 5) is 32.8. The zero-order chi connectivity index (χ0) is 16.3. The van der Waals surface area contributed by atoms with Crippen molar-refractivity contribution in [3.8, 4) is 0 Å². The number of hydrogen-bond donors (Lipinski definition) is 2. The fourth-order valence-electron chi connectivity index (χ4n) is 1.53. The second-order valence-electron chi connectivity index (χ2n) is 3.98. The van der Waals surface area contributed by atoms with E-state index in [1.165, 1.54) is 0 Å². The van der Waals surface area contributed by atoms with Crippen molar-refractivity contribution in [3.05, 3.63) is 51.5 Å². The maximum Gasteiger partial charge on any atom is 0.417 e. The van der Waals surface area contributed by atoms with Gasteiger partial charge in [0.05, 0.1) is 17.0 Å². The predicted molar refractivity (Wildman–Crippen MR) is 70.8 cm³/mol. The number of rotatable bonds is 5. The number of hydrogen-bond acceptors (Lipinski definition) is 7. The summed E-state index contributed by atoms with van der Waals surface area (Å²) in [5.74, 6) is -2.06. The van der Waals surface area contributed by atoms with Crippen LogP contribution in [0.2, 0.25) is 0 Å². The van der Waals surface area contributed by atoms with Gasteiger partial charge in [0.2, 0.25) is 0 Å². The van der Waals surface area contributed by atoms with Crippen molar-refractivity contribution in [2.75, 3.05) is 6.54 Å². The highest BCUT2D eigenvalue weighted by Gasteiger charge is 2.19. The fraction of sp³-hybridized carbons (Fsp3) is 0.0909. The molecule has 116 valence electrons. The topological polar surface area (TPSA) is 145 Å². The van der Waals surface area contributed by atoms with Crippen molar-refractivity contribution in [1.29, 1.82) is 0 Å². The summed E-state index contributed by atoms with van der Waals surface area (Å²) in [6.07, 6.45) is 1.05. The molecule has 0 radical (unpaired) electrons. The fourth-order valence-corrected chi connectivity index (χ4v) is 2.03. The Morgan fingerprint density at radius 3 is 2.55 bits per heavy atom. The van der Waals surface area contributed by atoms with Crippen LogP contribution in [0.5, 0.6) is 0 Å². The molecule has 2 rings (SSSR count). The summed E-state index contributed by atoms with van der Waals surface area (Å²) < 4.78 is 19.9. The minimum Gasteiger partial charge on any atom is -0.478 e. The van der Waals surface area contributed by atoms with Gasteiger partial charge in [0.25, 0.3) is 11.6 Å². The van der Waals surface area contributed by atoms with E-state index < -0.39 is 33.8 Å². The first kappa shape index (κ1) is 15.4. The number of nitro groups is 1. The van der Waals surface area contributed by atoms with E-state index in [4.69, 9.17) is 5.11 Å². The van der Waals surface area contributed by atoms with Crippen LogP contribution in [0.15, 0.2) is 30.2 Å². The number of carbonyl (C=O) groups excluding carboxylic acids is 1. The third kappa shape index (κ3) is 3.58. The molecule has 0 bridgehead atoms. The number of nitrogens with one attached hydrogen (secondary N) is 1. The largest absolute Gasteiger partial charge is 0.478 e. The van der Waals surface area contributed by atoms with E-state index in [-0.39, 0.29) is 23.4 Å². The predicted octanol–water partition coefficient (Wildman–Crippen LogP) is 0.490. The zero-order valence-electron chi connectivity index (χ0n) is 10.7. The molecule has 1 aromatic rings. The lowest BCUT2D eigenvalue weighted by Gasteiger charge is -2.05. The number of benzene rings is 1. The van der Waals surface area contributed by atoms with Gasteiger partial charge >= 0.3 is 17.3 Å². The molecule has 0 spiro atoms. The van der Waals surface area contributed by atoms with Crippen LogP contribution in [-0.2, 0) is 19.7 Å². The second-order valence-corrected chi connectivity index (χ2v) is 4.75. The van der Waals surface area contributed by atoms with Gasteiger partial charge in [-0.1, -0.05) is 0 Å². The second kappa shape index (κ2) is 6.22. The first-order valence-corrected chi connectivity index (χ1v) is 6.64. The van der Waals surface area contributed by atoms with Crippen LogP contribution < -0.4 is 5.32 Å². The van der Waals surface area contributed by atoms with Crippen LogP contribution in [0.4, 0.5) is 5.69 Å². The SMILES string of the molecule is O=C(O)c1cc(C(=O)NCC2=COS(=O)O2)cc([N+](=O)[O-])c1. The smallest absolute Gasteiger partial charge is 0.417 e. The molecule has 10 nitrogen and oxygen atoms in total. The highest BCUT2D eigenvalue weighted by atomic mass is 32.2. The maximum atomic E-state index is 11.9. The van der Waals surface area contributed by atoms with Crippen LogP contribution in [-0.4, -0.2) is 32.7 Å². The molecule has 1 unspecified atom stereocenters. The normalized spacial score (nSPS) is 16.2. The van der Waals surface area contributed by atoms with Crippen molar-refractivity contribution >= 4 is 28.9 Å². The van der Waals surface area contributed by atoms with E-state index in [1.807, 2.05) is 0 Å². The number of carboxylic acid groups (broad SMARTS) is 1. The summed E-state index contributed by atoms with van der Waals surface area (Å²) >= 11 is -1.94. The number of carboxylic acids is 1. The zero-order valence-corrected chi connectivity index (χ0v) is 11.5. The van der Waals surface area contributed by atoms with Gasteiger partial charge in [0, 0.05) is 17.7 Å². The van der Waals surface area contributed by atoms with Crippen LogP contribution in [0.3, 0.4) is 0 Å². The Labute approximate surface area is 125 Å². The highest BCUT2D eigenvalue weighted by Crippen LogP contribution is 2.18. The van der Waals surface area contributed by atoms with Gasteiger partial charge < -0.3 is 18.8 Å². The van der Waals surface area contributed by atoms with Crippen molar-refractivity contribution in [1.82, 2.24) is 5.32 Å². The van der Waals surface area contributed by atoms with E-state index in [1.54, 1.807) is 0 Å². The summed E-state index contributed by atoms with van der Waals surface area (Å²) in [5, 5.41) is 22.0. The lowest BCUT2D eigenvalue weighted by molar-refractivity contribution is -0.384. The number of aromatic carboxylic acids is 1. The molecule has 1 aromatic carbocycles. The molecule has 0 fully saturated rings. The molecule has 2 N–H and O–H groups in total. The Bertz CT molecular complexity index is 682. The Morgan fingerprint density at radius 1 is 1.32 bits per heavy atom. The van der Waals surface area contributed by atoms with Gasteiger partial charge in [-0.25, -0.2) is 4.79 Å². The quantitative estimate of drug-likeness (QED) is 0.586. The molecule has 1 aliphatic heterocycles. The van der Waals surface area contributed by atoms with Gasteiger partial charge in [-0.15, -0.1) is 0 Å². The third-order valence-electron chi connectivity index (χ3n) is 2.49. The summed E-state index contributed by atoms with van der Waals surface area (Å²) in [7, 11) is 0. The molecule has 22 heavy (non-hydrogen) atoms. The minimum absolute atomic E-state index is 0.0931. The van der Waals surface area contributed by atoms with Gasteiger partial charge in [0.1, 0.15) is 6.26 Å². The van der Waals surface area contributed by atoms with Crippen LogP contribution in [0.1, 0.15) is 20.7 Å². The van der Waals surface area contributed by atoms with E-state index in [0.29, 0.717) is 0 Å². The molecule has 1 atom stereocenters. The van der Waals surface area contributed by atoms with Crippen LogP contribution >= 0.6 is 0 Å². The molecular formula is C11H8N2O8S. The average Bonchev–Trinajstić information content (AvgIpc) is 2.89. The van der Waals surface area contributed by atoms with E-state index in [2.05, 4.69) is 13.7 Å². The molecule has 11 heteroatoms. The summed E-state index contributed by atoms with van der Waals surface area (Å²) in [6.45, 7) is -0.171. The summed E-state index contributed by atoms with van der Waals surface area (Å²) in [6, 6.07) is 2.79. The van der Waals surface area contributed by atoms with Gasteiger partial charge in [0.15, 0.2) is 5.76 Å². The van der Waals surface area contributed by atoms with Crippen molar-refractivity contribution in [2.45, 2.75) is 0 Å². The highest BCUT2D eigenvalue weighted by molar-refractivity contribution is 7.75. The van der Waals surface area contributed by atoms with Crippen molar-refractivity contribution in [3.63, 3.8) is 0 Å². The molecule has 0 aliphatic carbocycles. The van der Waals surface area contributed by atoms with Crippen LogP contribution in [0, 0.1) is 10.1 Å². The first-order chi connectivity index (χ1) is 10.4. The number of nitro benzene ring substituents is 1. The van der Waals surface area contributed by atoms with Crippen molar-refractivity contribution < 1.29 is 32.2 Å². The Balaban J connectivity index is 2.16. The number of amides is 1. The molecule has 1 heterocycles. The Hall–Kier alpha value is -2.95. The first-order valence-electron chi connectivity index (χ1n) is 5.64. The lowest BCUT2D eigenvalue weighted by atomic mass is 10.1. The van der Waals surface area contributed by atoms with Gasteiger partial charge in [-0.3, -0.25) is 14.9 Å². The van der Waals surface area contributed by atoms with Crippen LogP contribution in [0.25, 0.3) is 0 Å². The number of carbonyl (C=O) groups is 2. The number of nitrogens with zero attached hydrogens (tertiary/aromatic N) is 1. The van der Waals surface area contributed by atoms with E-state index >= 15 is 0 Å². The molecule has 1 aliphatic rings. The Kier molecular flexibility index (Phi) is 4.36. The molecule has 0 aromatic heterocycles. The van der Waals surface area contributed by atoms with Gasteiger partial charge in [-0.05, 0) is 6.07 Å². The van der Waals surface area contributed by atoms with Gasteiger partial charge in [-0.2, -0.15) is 4.21 Å². The minimum atomic E-state index is -1.94.